The minimum absolute atomic E-state index is 0.743. The second-order valence-corrected chi connectivity index (χ2v) is 2.46. The Hall–Kier alpha value is -0.430. The normalized spacial score (nSPS) is 11.2. The van der Waals surface area contributed by atoms with Crippen LogP contribution in [0, 0.1) is 0 Å². The van der Waals surface area contributed by atoms with Gasteiger partial charge in [0.15, 0.2) is 5.57 Å². The Morgan fingerprint density at radius 1 is 1.75 bits per heavy atom. The first-order chi connectivity index (χ1) is 3.84. The van der Waals surface area contributed by atoms with Gasteiger partial charge in [-0.25, -0.2) is 0 Å². The van der Waals surface area contributed by atoms with E-state index in [-0.39, 0.29) is 0 Å². The van der Waals surface area contributed by atoms with Crippen molar-refractivity contribution in [1.82, 2.24) is 14.8 Å². The molecule has 0 aliphatic rings. The summed E-state index contributed by atoms with van der Waals surface area (Å²) in [6, 6.07) is 0. The third kappa shape index (κ3) is 0.869. The van der Waals surface area contributed by atoms with E-state index in [1.54, 1.807) is 6.33 Å². The summed E-state index contributed by atoms with van der Waals surface area (Å²) in [4.78, 5) is 0. The summed E-state index contributed by atoms with van der Waals surface area (Å²) in [5, 5.41) is 7.57. The van der Waals surface area contributed by atoms with Crippen molar-refractivity contribution in [2.45, 2.75) is 0 Å². The summed E-state index contributed by atoms with van der Waals surface area (Å²) < 4.78 is 1.93. The molecule has 1 aromatic rings. The van der Waals surface area contributed by atoms with E-state index in [1.165, 1.54) is 0 Å². The van der Waals surface area contributed by atoms with Crippen LogP contribution in [0.3, 0.4) is 0 Å². The molecule has 0 radical (unpaired) electrons. The van der Waals surface area contributed by atoms with Crippen molar-refractivity contribution < 1.29 is 0 Å². The first-order valence-corrected chi connectivity index (χ1v) is 3.86. The van der Waals surface area contributed by atoms with Gasteiger partial charge in [-0.05, 0) is 6.66 Å². The third-order valence-electron chi connectivity index (χ3n) is 0.935. The second-order valence-electron chi connectivity index (χ2n) is 1.52. The van der Waals surface area contributed by atoms with Crippen molar-refractivity contribution in [3.63, 3.8) is 0 Å². The smallest absolute Gasteiger partial charge is 0.151 e. The maximum absolute atomic E-state index is 3.86. The van der Waals surface area contributed by atoms with E-state index in [0.717, 1.165) is 14.1 Å². The highest BCUT2D eigenvalue weighted by Crippen LogP contribution is 1.96. The van der Waals surface area contributed by atoms with Crippen LogP contribution in [-0.4, -0.2) is 21.4 Å². The Labute approximate surface area is 49.9 Å². The van der Waals surface area contributed by atoms with E-state index in [4.69, 9.17) is 0 Å². The number of hydrogen-bond acceptors (Lipinski definition) is 2. The SMILES string of the molecule is CPc1nncn1C. The van der Waals surface area contributed by atoms with E-state index in [1.807, 2.05) is 11.6 Å². The molecule has 4 heteroatoms. The zero-order valence-electron chi connectivity index (χ0n) is 4.92. The summed E-state index contributed by atoms with van der Waals surface area (Å²) in [6.07, 6.45) is 1.71. The molecule has 0 saturated heterocycles. The van der Waals surface area contributed by atoms with Crippen LogP contribution in [0.5, 0.6) is 0 Å². The molecule has 0 N–H and O–H groups in total. The number of aromatic nitrogens is 3. The zero-order valence-corrected chi connectivity index (χ0v) is 5.92. The monoisotopic (exact) mass is 129 g/mol. The summed E-state index contributed by atoms with van der Waals surface area (Å²) in [6.45, 7) is 2.09. The topological polar surface area (TPSA) is 30.7 Å². The van der Waals surface area contributed by atoms with Crippen molar-refractivity contribution in [3.05, 3.63) is 6.33 Å². The molecule has 0 spiro atoms. The number of rotatable bonds is 1. The number of hydrogen-bond donors (Lipinski definition) is 0. The largest absolute Gasteiger partial charge is 0.317 e. The minimum atomic E-state index is 0.743. The molecule has 0 aliphatic carbocycles. The summed E-state index contributed by atoms with van der Waals surface area (Å²) in [5.41, 5.74) is 1.06. The molecule has 0 bridgehead atoms. The van der Waals surface area contributed by atoms with Crippen LogP contribution in [0.2, 0.25) is 0 Å². The molecule has 1 rings (SSSR count). The van der Waals surface area contributed by atoms with Gasteiger partial charge < -0.3 is 4.57 Å². The third-order valence-corrected chi connectivity index (χ3v) is 1.83. The lowest BCUT2D eigenvalue weighted by molar-refractivity contribution is 0.941. The van der Waals surface area contributed by atoms with E-state index < -0.39 is 0 Å². The molecule has 1 unspecified atom stereocenters. The standard InChI is InChI=1S/C4H8N3P/c1-7-3-5-6-4(7)8-2/h3,8H,1-2H3. The number of aryl methyl sites for hydroxylation is 1. The van der Waals surface area contributed by atoms with Gasteiger partial charge in [0.1, 0.15) is 6.33 Å². The van der Waals surface area contributed by atoms with Gasteiger partial charge in [-0.3, -0.25) is 0 Å². The Bertz CT molecular complexity index is 172. The molecule has 8 heavy (non-hydrogen) atoms. The lowest BCUT2D eigenvalue weighted by Crippen LogP contribution is -2.07. The van der Waals surface area contributed by atoms with Gasteiger partial charge >= 0.3 is 0 Å². The Morgan fingerprint density at radius 3 is 2.75 bits per heavy atom. The number of nitrogens with zero attached hydrogens (tertiary/aromatic N) is 3. The summed E-state index contributed by atoms with van der Waals surface area (Å²) in [7, 11) is 2.69. The van der Waals surface area contributed by atoms with Crippen LogP contribution in [0.25, 0.3) is 0 Å². The van der Waals surface area contributed by atoms with Gasteiger partial charge in [-0.2, -0.15) is 0 Å². The highest BCUT2D eigenvalue weighted by molar-refractivity contribution is 7.45. The van der Waals surface area contributed by atoms with Crippen LogP contribution in [0.4, 0.5) is 0 Å². The highest BCUT2D eigenvalue weighted by Gasteiger charge is 1.92. The van der Waals surface area contributed by atoms with Gasteiger partial charge in [0.2, 0.25) is 0 Å². The maximum Gasteiger partial charge on any atom is 0.151 e. The van der Waals surface area contributed by atoms with Gasteiger partial charge in [0.05, 0.1) is 0 Å². The van der Waals surface area contributed by atoms with Crippen molar-refractivity contribution in [2.75, 3.05) is 6.66 Å². The van der Waals surface area contributed by atoms with E-state index in [9.17, 15) is 0 Å². The zero-order chi connectivity index (χ0) is 5.98. The van der Waals surface area contributed by atoms with E-state index in [2.05, 4.69) is 16.9 Å². The predicted molar refractivity (Wildman–Crippen MR) is 34.9 cm³/mol. The molecular formula is C4H8N3P. The van der Waals surface area contributed by atoms with Gasteiger partial charge in [0.25, 0.3) is 0 Å². The van der Waals surface area contributed by atoms with Crippen molar-refractivity contribution >= 4 is 14.1 Å². The highest BCUT2D eigenvalue weighted by atomic mass is 31.1. The molecule has 0 aromatic carbocycles. The molecule has 0 fully saturated rings. The molecule has 3 nitrogen and oxygen atoms in total. The van der Waals surface area contributed by atoms with E-state index >= 15 is 0 Å². The Balaban J connectivity index is 2.92. The Kier molecular flexibility index (Phi) is 1.59. The molecule has 1 aromatic heterocycles. The Morgan fingerprint density at radius 2 is 2.50 bits per heavy atom. The molecule has 0 amide bonds. The summed E-state index contributed by atoms with van der Waals surface area (Å²) >= 11 is 0. The minimum Gasteiger partial charge on any atom is -0.317 e. The maximum atomic E-state index is 3.86. The van der Waals surface area contributed by atoms with Crippen molar-refractivity contribution in [3.8, 4) is 0 Å². The molecule has 0 aliphatic heterocycles. The molecular weight excluding hydrogens is 121 g/mol. The molecule has 1 heterocycles. The van der Waals surface area contributed by atoms with Crippen molar-refractivity contribution in [1.29, 1.82) is 0 Å². The molecule has 1 atom stereocenters. The average molecular weight is 129 g/mol. The van der Waals surface area contributed by atoms with Crippen LogP contribution >= 0.6 is 8.58 Å². The average Bonchev–Trinajstić information content (AvgIpc) is 2.14. The molecule has 0 saturated carbocycles. The van der Waals surface area contributed by atoms with Crippen LogP contribution in [0.15, 0.2) is 6.33 Å². The quantitative estimate of drug-likeness (QED) is 0.489. The van der Waals surface area contributed by atoms with Crippen LogP contribution in [0.1, 0.15) is 0 Å². The van der Waals surface area contributed by atoms with Gasteiger partial charge in [0, 0.05) is 7.05 Å². The van der Waals surface area contributed by atoms with Crippen molar-refractivity contribution in [2.24, 2.45) is 7.05 Å². The van der Waals surface area contributed by atoms with Gasteiger partial charge in [-0.1, -0.05) is 8.58 Å². The molecule has 44 valence electrons. The predicted octanol–water partition coefficient (Wildman–Crippen LogP) is -0.251. The van der Waals surface area contributed by atoms with E-state index in [0.29, 0.717) is 0 Å². The van der Waals surface area contributed by atoms with Crippen LogP contribution in [-0.2, 0) is 7.05 Å². The summed E-state index contributed by atoms with van der Waals surface area (Å²) in [5.74, 6) is 0. The lowest BCUT2D eigenvalue weighted by atomic mass is 11.1. The lowest BCUT2D eigenvalue weighted by Gasteiger charge is -1.90. The first kappa shape index (κ1) is 5.70. The van der Waals surface area contributed by atoms with Crippen LogP contribution < -0.4 is 5.57 Å². The first-order valence-electron chi connectivity index (χ1n) is 2.36. The fraction of sp³-hybridized carbons (Fsp3) is 0.500. The van der Waals surface area contributed by atoms with Gasteiger partial charge in [-0.15, -0.1) is 10.2 Å². The fourth-order valence-electron chi connectivity index (χ4n) is 0.510. The second kappa shape index (κ2) is 2.23. The fourth-order valence-corrected chi connectivity index (χ4v) is 1.08.